The summed E-state index contributed by atoms with van der Waals surface area (Å²) in [7, 11) is 0. The van der Waals surface area contributed by atoms with Crippen LogP contribution in [0.15, 0.2) is 6.33 Å². The zero-order valence-electron chi connectivity index (χ0n) is 10.2. The molecule has 1 aromatic heterocycles. The maximum absolute atomic E-state index is 11.0. The lowest BCUT2D eigenvalue weighted by atomic mass is 10.3. The number of anilines is 2. The molecule has 0 unspecified atom stereocenters. The first-order chi connectivity index (χ1) is 8.61. The summed E-state index contributed by atoms with van der Waals surface area (Å²) in [4.78, 5) is 19.6. The Balaban J connectivity index is 3.10. The zero-order chi connectivity index (χ0) is 13.5. The number of aromatic nitrogens is 2. The maximum atomic E-state index is 11.0. The average Bonchev–Trinajstić information content (AvgIpc) is 2.33. The van der Waals surface area contributed by atoms with Crippen LogP contribution in [0, 0.1) is 10.1 Å². The first-order valence-electron chi connectivity index (χ1n) is 5.72. The van der Waals surface area contributed by atoms with Crippen molar-refractivity contribution in [1.82, 2.24) is 9.97 Å². The van der Waals surface area contributed by atoms with Crippen molar-refractivity contribution in [3.05, 3.63) is 16.4 Å². The van der Waals surface area contributed by atoms with Crippen LogP contribution in [0.5, 0.6) is 0 Å². The maximum Gasteiger partial charge on any atom is 0.353 e. The number of aliphatic hydroxyl groups excluding tert-OH is 1. The van der Waals surface area contributed by atoms with Gasteiger partial charge in [-0.3, -0.25) is 10.1 Å². The molecule has 1 aromatic rings. The van der Waals surface area contributed by atoms with Crippen LogP contribution in [-0.4, -0.2) is 39.7 Å². The van der Waals surface area contributed by atoms with Crippen molar-refractivity contribution in [1.29, 1.82) is 0 Å². The van der Waals surface area contributed by atoms with Gasteiger partial charge in [0.1, 0.15) is 6.33 Å². The van der Waals surface area contributed by atoms with Gasteiger partial charge in [0.05, 0.1) is 11.5 Å². The van der Waals surface area contributed by atoms with Crippen molar-refractivity contribution in [3.63, 3.8) is 0 Å². The number of rotatable bonds is 7. The fourth-order valence-corrected chi connectivity index (χ4v) is 1.58. The van der Waals surface area contributed by atoms with Gasteiger partial charge in [-0.15, -0.1) is 0 Å². The van der Waals surface area contributed by atoms with Gasteiger partial charge >= 0.3 is 5.69 Å². The molecule has 0 spiro atoms. The summed E-state index contributed by atoms with van der Waals surface area (Å²) >= 11 is 0. The summed E-state index contributed by atoms with van der Waals surface area (Å²) in [6.45, 7) is 2.76. The van der Waals surface area contributed by atoms with Gasteiger partial charge in [0.25, 0.3) is 0 Å². The summed E-state index contributed by atoms with van der Waals surface area (Å²) in [5.74, 6) is -0.000520. The third-order valence-corrected chi connectivity index (χ3v) is 2.46. The zero-order valence-corrected chi connectivity index (χ0v) is 10.2. The van der Waals surface area contributed by atoms with E-state index in [1.807, 2.05) is 6.92 Å². The summed E-state index contributed by atoms with van der Waals surface area (Å²) in [5, 5.41) is 20.0. The van der Waals surface area contributed by atoms with Gasteiger partial charge in [0, 0.05) is 13.1 Å². The molecule has 0 fully saturated rings. The lowest BCUT2D eigenvalue weighted by Gasteiger charge is -2.22. The van der Waals surface area contributed by atoms with Crippen molar-refractivity contribution < 1.29 is 10.0 Å². The SMILES string of the molecule is CCCCN(CCO)c1ncnc(N)c1[N+](=O)[O-]. The number of nitrogens with two attached hydrogens (primary N) is 1. The molecule has 0 radical (unpaired) electrons. The van der Waals surface area contributed by atoms with Gasteiger partial charge in [0.2, 0.25) is 11.6 Å². The van der Waals surface area contributed by atoms with E-state index in [4.69, 9.17) is 10.8 Å². The number of aliphatic hydroxyl groups is 1. The van der Waals surface area contributed by atoms with Crippen molar-refractivity contribution in [2.45, 2.75) is 19.8 Å². The van der Waals surface area contributed by atoms with Crippen LogP contribution in [0.2, 0.25) is 0 Å². The molecule has 0 aromatic carbocycles. The highest BCUT2D eigenvalue weighted by Gasteiger charge is 2.24. The summed E-state index contributed by atoms with van der Waals surface area (Å²) in [6.07, 6.45) is 2.98. The van der Waals surface area contributed by atoms with Gasteiger partial charge in [-0.2, -0.15) is 0 Å². The van der Waals surface area contributed by atoms with E-state index in [0.29, 0.717) is 6.54 Å². The highest BCUT2D eigenvalue weighted by atomic mass is 16.6. The van der Waals surface area contributed by atoms with E-state index in [9.17, 15) is 10.1 Å². The molecular formula is C10H17N5O3. The molecular weight excluding hydrogens is 238 g/mol. The molecule has 0 atom stereocenters. The van der Waals surface area contributed by atoms with Crippen LogP contribution in [0.4, 0.5) is 17.3 Å². The Kier molecular flexibility index (Phi) is 5.25. The minimum absolute atomic E-state index is 0.106. The number of hydrogen-bond donors (Lipinski definition) is 2. The quantitative estimate of drug-likeness (QED) is 0.539. The van der Waals surface area contributed by atoms with E-state index >= 15 is 0 Å². The molecule has 0 bridgehead atoms. The van der Waals surface area contributed by atoms with Gasteiger partial charge < -0.3 is 15.7 Å². The van der Waals surface area contributed by atoms with Gasteiger partial charge in [-0.05, 0) is 6.42 Å². The summed E-state index contributed by atoms with van der Waals surface area (Å²) in [5.41, 5.74) is 5.20. The fourth-order valence-electron chi connectivity index (χ4n) is 1.58. The van der Waals surface area contributed by atoms with E-state index in [-0.39, 0.29) is 30.5 Å². The van der Waals surface area contributed by atoms with Crippen molar-refractivity contribution in [3.8, 4) is 0 Å². The minimum atomic E-state index is -0.596. The number of unbranched alkanes of at least 4 members (excludes halogenated alkanes) is 1. The third kappa shape index (κ3) is 3.27. The first-order valence-corrected chi connectivity index (χ1v) is 5.72. The molecule has 100 valence electrons. The molecule has 0 amide bonds. The molecule has 1 heterocycles. The molecule has 3 N–H and O–H groups in total. The lowest BCUT2D eigenvalue weighted by Crippen LogP contribution is -2.29. The Morgan fingerprint density at radius 1 is 1.50 bits per heavy atom. The van der Waals surface area contributed by atoms with E-state index in [1.54, 1.807) is 4.90 Å². The standard InChI is InChI=1S/C10H17N5O3/c1-2-3-4-14(5-6-16)10-8(15(17)18)9(11)12-7-13-10/h7,16H,2-6H2,1H3,(H2,11,12,13). The smallest absolute Gasteiger partial charge is 0.353 e. The minimum Gasteiger partial charge on any atom is -0.395 e. The number of nitro groups is 1. The predicted molar refractivity (Wildman–Crippen MR) is 67.3 cm³/mol. The van der Waals surface area contributed by atoms with Crippen LogP contribution in [0.25, 0.3) is 0 Å². The monoisotopic (exact) mass is 255 g/mol. The lowest BCUT2D eigenvalue weighted by molar-refractivity contribution is -0.383. The second-order valence-corrected chi connectivity index (χ2v) is 3.75. The molecule has 0 saturated carbocycles. The van der Waals surface area contributed by atoms with Gasteiger partial charge in [0.15, 0.2) is 0 Å². The van der Waals surface area contributed by atoms with Crippen LogP contribution in [-0.2, 0) is 0 Å². The molecule has 0 aliphatic carbocycles. The summed E-state index contributed by atoms with van der Waals surface area (Å²) in [6, 6.07) is 0. The Hall–Kier alpha value is -1.96. The van der Waals surface area contributed by atoms with Gasteiger partial charge in [-0.25, -0.2) is 9.97 Å². The van der Waals surface area contributed by atoms with Gasteiger partial charge in [-0.1, -0.05) is 13.3 Å². The molecule has 0 saturated heterocycles. The molecule has 0 aliphatic heterocycles. The Morgan fingerprint density at radius 3 is 2.78 bits per heavy atom. The van der Waals surface area contributed by atoms with Crippen molar-refractivity contribution in [2.75, 3.05) is 30.3 Å². The number of nitrogens with zero attached hydrogens (tertiary/aromatic N) is 4. The van der Waals surface area contributed by atoms with E-state index in [0.717, 1.165) is 12.8 Å². The molecule has 18 heavy (non-hydrogen) atoms. The van der Waals surface area contributed by atoms with Crippen LogP contribution in [0.3, 0.4) is 0 Å². The topological polar surface area (TPSA) is 118 Å². The Bertz CT molecular complexity index is 412. The Labute approximate surface area is 105 Å². The highest BCUT2D eigenvalue weighted by molar-refractivity contribution is 5.68. The number of nitrogen functional groups attached to an aromatic ring is 1. The molecule has 8 heteroatoms. The first kappa shape index (κ1) is 14.1. The second kappa shape index (κ2) is 6.70. The normalized spacial score (nSPS) is 10.3. The van der Waals surface area contributed by atoms with E-state index < -0.39 is 4.92 Å². The van der Waals surface area contributed by atoms with Crippen LogP contribution < -0.4 is 10.6 Å². The van der Waals surface area contributed by atoms with E-state index in [2.05, 4.69) is 9.97 Å². The molecule has 0 aliphatic rings. The van der Waals surface area contributed by atoms with E-state index in [1.165, 1.54) is 6.33 Å². The third-order valence-electron chi connectivity index (χ3n) is 2.46. The molecule has 8 nitrogen and oxygen atoms in total. The fraction of sp³-hybridized carbons (Fsp3) is 0.600. The largest absolute Gasteiger partial charge is 0.395 e. The number of hydrogen-bond acceptors (Lipinski definition) is 7. The second-order valence-electron chi connectivity index (χ2n) is 3.75. The van der Waals surface area contributed by atoms with Crippen molar-refractivity contribution >= 4 is 17.3 Å². The summed E-state index contributed by atoms with van der Waals surface area (Å²) < 4.78 is 0. The predicted octanol–water partition coefficient (Wildman–Crippen LogP) is 0.566. The molecule has 1 rings (SSSR count). The van der Waals surface area contributed by atoms with Crippen LogP contribution in [0.1, 0.15) is 19.8 Å². The Morgan fingerprint density at radius 2 is 2.22 bits per heavy atom. The van der Waals surface area contributed by atoms with Crippen LogP contribution >= 0.6 is 0 Å². The average molecular weight is 255 g/mol. The highest BCUT2D eigenvalue weighted by Crippen LogP contribution is 2.29. The van der Waals surface area contributed by atoms with Crippen molar-refractivity contribution in [2.24, 2.45) is 0 Å².